The molecule has 0 unspecified atom stereocenters. The molecule has 0 aliphatic rings. The highest BCUT2D eigenvalue weighted by Crippen LogP contribution is 2.30. The molecular formula is C10H7Cl2NO. The van der Waals surface area contributed by atoms with Gasteiger partial charge in [-0.05, 0) is 12.1 Å². The number of carbonyl (C=O) groups excluding carboxylic acids is 1. The van der Waals surface area contributed by atoms with Gasteiger partial charge in [0, 0.05) is 29.2 Å². The number of benzene rings is 1. The second kappa shape index (κ2) is 3.30. The number of aldehydes is 1. The number of nitrogens with zero attached hydrogens (tertiary/aromatic N) is 1. The quantitative estimate of drug-likeness (QED) is 0.686. The molecule has 0 N–H and O–H groups in total. The predicted octanol–water partition coefficient (Wildman–Crippen LogP) is 3.30. The van der Waals surface area contributed by atoms with Gasteiger partial charge in [0.05, 0.1) is 10.5 Å². The monoisotopic (exact) mass is 227 g/mol. The van der Waals surface area contributed by atoms with Gasteiger partial charge in [-0.1, -0.05) is 23.2 Å². The molecule has 0 saturated carbocycles. The highest BCUT2D eigenvalue weighted by Gasteiger charge is 2.10. The van der Waals surface area contributed by atoms with Gasteiger partial charge in [-0.3, -0.25) is 4.79 Å². The minimum Gasteiger partial charge on any atom is -0.350 e. The third kappa shape index (κ3) is 1.31. The number of rotatable bonds is 1. The van der Waals surface area contributed by atoms with Crippen LogP contribution in [0, 0.1) is 0 Å². The number of carbonyl (C=O) groups is 1. The zero-order valence-corrected chi connectivity index (χ0v) is 8.93. The lowest BCUT2D eigenvalue weighted by Gasteiger charge is -1.99. The Kier molecular flexibility index (Phi) is 2.25. The van der Waals surface area contributed by atoms with E-state index in [-0.39, 0.29) is 0 Å². The van der Waals surface area contributed by atoms with Crippen molar-refractivity contribution in [2.45, 2.75) is 0 Å². The Balaban J connectivity index is 2.96. The summed E-state index contributed by atoms with van der Waals surface area (Å²) in [6.07, 6.45) is 2.53. The summed E-state index contributed by atoms with van der Waals surface area (Å²) in [5, 5.41) is 1.84. The van der Waals surface area contributed by atoms with Gasteiger partial charge < -0.3 is 4.57 Å². The Hall–Kier alpha value is -0.990. The number of halogens is 2. The fraction of sp³-hybridized carbons (Fsp3) is 0.100. The number of aryl methyl sites for hydroxylation is 1. The van der Waals surface area contributed by atoms with E-state index >= 15 is 0 Å². The lowest BCUT2D eigenvalue weighted by Crippen LogP contribution is -1.83. The van der Waals surface area contributed by atoms with Crippen LogP contribution in [0.25, 0.3) is 10.9 Å². The number of hydrogen-bond donors (Lipinski definition) is 0. The van der Waals surface area contributed by atoms with Crippen LogP contribution in [-0.2, 0) is 7.05 Å². The van der Waals surface area contributed by atoms with Gasteiger partial charge in [0.25, 0.3) is 0 Å². The van der Waals surface area contributed by atoms with E-state index in [2.05, 4.69) is 0 Å². The molecule has 1 heterocycles. The minimum absolute atomic E-state index is 0.509. The fourth-order valence-electron chi connectivity index (χ4n) is 1.56. The van der Waals surface area contributed by atoms with Crippen molar-refractivity contribution >= 4 is 40.4 Å². The lowest BCUT2D eigenvalue weighted by atomic mass is 10.2. The summed E-state index contributed by atoms with van der Waals surface area (Å²) < 4.78 is 1.83. The maximum absolute atomic E-state index is 10.8. The van der Waals surface area contributed by atoms with E-state index in [9.17, 15) is 4.79 Å². The summed E-state index contributed by atoms with van der Waals surface area (Å²) in [4.78, 5) is 10.8. The van der Waals surface area contributed by atoms with Crippen LogP contribution in [0.15, 0.2) is 18.3 Å². The summed E-state index contributed by atoms with van der Waals surface area (Å²) in [7, 11) is 1.85. The summed E-state index contributed by atoms with van der Waals surface area (Å²) in [5.74, 6) is 0. The van der Waals surface area contributed by atoms with Crippen LogP contribution < -0.4 is 0 Å². The maximum atomic E-state index is 10.8. The van der Waals surface area contributed by atoms with E-state index in [4.69, 9.17) is 23.2 Å². The van der Waals surface area contributed by atoms with E-state index < -0.39 is 0 Å². The standard InChI is InChI=1S/C10H7Cl2NO/c1-13-4-6(5-14)10-8(12)2-7(11)3-9(10)13/h2-5H,1H3. The van der Waals surface area contributed by atoms with E-state index in [0.29, 0.717) is 15.6 Å². The molecule has 1 aromatic heterocycles. The average molecular weight is 228 g/mol. The fourth-order valence-corrected chi connectivity index (χ4v) is 2.15. The second-order valence-corrected chi connectivity index (χ2v) is 3.94. The van der Waals surface area contributed by atoms with Gasteiger partial charge in [-0.2, -0.15) is 0 Å². The van der Waals surface area contributed by atoms with E-state index in [1.165, 1.54) is 0 Å². The third-order valence-corrected chi connectivity index (χ3v) is 2.68. The molecule has 72 valence electrons. The molecule has 0 amide bonds. The van der Waals surface area contributed by atoms with Crippen molar-refractivity contribution in [1.29, 1.82) is 0 Å². The molecule has 0 saturated heterocycles. The van der Waals surface area contributed by atoms with E-state index in [0.717, 1.165) is 17.2 Å². The van der Waals surface area contributed by atoms with Crippen LogP contribution in [0.5, 0.6) is 0 Å². The number of aromatic nitrogens is 1. The summed E-state index contributed by atoms with van der Waals surface area (Å²) >= 11 is 11.9. The Morgan fingerprint density at radius 1 is 1.36 bits per heavy atom. The van der Waals surface area contributed by atoms with Gasteiger partial charge in [0.15, 0.2) is 6.29 Å². The highest BCUT2D eigenvalue weighted by atomic mass is 35.5. The van der Waals surface area contributed by atoms with Crippen molar-refractivity contribution in [2.24, 2.45) is 7.05 Å². The molecule has 0 aliphatic heterocycles. The topological polar surface area (TPSA) is 22.0 Å². The van der Waals surface area contributed by atoms with Gasteiger partial charge in [0.1, 0.15) is 0 Å². The van der Waals surface area contributed by atoms with E-state index in [1.54, 1.807) is 18.3 Å². The third-order valence-electron chi connectivity index (χ3n) is 2.16. The second-order valence-electron chi connectivity index (χ2n) is 3.09. The summed E-state index contributed by atoms with van der Waals surface area (Å²) in [6.45, 7) is 0. The van der Waals surface area contributed by atoms with Crippen LogP contribution in [0.4, 0.5) is 0 Å². The maximum Gasteiger partial charge on any atom is 0.152 e. The van der Waals surface area contributed by atoms with Gasteiger partial charge >= 0.3 is 0 Å². The molecule has 0 aliphatic carbocycles. The van der Waals surface area contributed by atoms with Gasteiger partial charge in [-0.25, -0.2) is 0 Å². The Bertz CT molecular complexity index is 516. The van der Waals surface area contributed by atoms with Crippen molar-refractivity contribution in [3.05, 3.63) is 33.9 Å². The first-order chi connectivity index (χ1) is 6.63. The highest BCUT2D eigenvalue weighted by molar-refractivity contribution is 6.39. The van der Waals surface area contributed by atoms with Crippen molar-refractivity contribution in [3.63, 3.8) is 0 Å². The van der Waals surface area contributed by atoms with Crippen molar-refractivity contribution in [2.75, 3.05) is 0 Å². The van der Waals surface area contributed by atoms with Crippen LogP contribution >= 0.6 is 23.2 Å². The molecule has 1 aromatic carbocycles. The van der Waals surface area contributed by atoms with Crippen molar-refractivity contribution < 1.29 is 4.79 Å². The zero-order chi connectivity index (χ0) is 10.3. The number of hydrogen-bond acceptors (Lipinski definition) is 1. The Morgan fingerprint density at radius 3 is 2.71 bits per heavy atom. The van der Waals surface area contributed by atoms with Crippen LogP contribution in [0.2, 0.25) is 10.0 Å². The SMILES string of the molecule is Cn1cc(C=O)c2c(Cl)cc(Cl)cc21. The van der Waals surface area contributed by atoms with E-state index in [1.807, 2.05) is 11.6 Å². The van der Waals surface area contributed by atoms with Gasteiger partial charge in [0.2, 0.25) is 0 Å². The summed E-state index contributed by atoms with van der Waals surface area (Å²) in [5.41, 5.74) is 1.45. The van der Waals surface area contributed by atoms with Gasteiger partial charge in [-0.15, -0.1) is 0 Å². The molecule has 2 aromatic rings. The molecule has 14 heavy (non-hydrogen) atoms. The first kappa shape index (κ1) is 9.56. The lowest BCUT2D eigenvalue weighted by molar-refractivity contribution is 0.112. The molecule has 2 rings (SSSR count). The number of fused-ring (bicyclic) bond motifs is 1. The normalized spacial score (nSPS) is 10.8. The predicted molar refractivity (Wildman–Crippen MR) is 58.3 cm³/mol. The molecule has 0 atom stereocenters. The van der Waals surface area contributed by atoms with Crippen molar-refractivity contribution in [1.82, 2.24) is 4.57 Å². The Labute approximate surface area is 91.0 Å². The molecule has 0 spiro atoms. The molecule has 0 bridgehead atoms. The largest absolute Gasteiger partial charge is 0.350 e. The molecule has 0 fully saturated rings. The first-order valence-corrected chi connectivity index (χ1v) is 4.78. The molecular weight excluding hydrogens is 221 g/mol. The average Bonchev–Trinajstić information content (AvgIpc) is 2.43. The smallest absolute Gasteiger partial charge is 0.152 e. The van der Waals surface area contributed by atoms with Crippen molar-refractivity contribution in [3.8, 4) is 0 Å². The van der Waals surface area contributed by atoms with Crippen LogP contribution in [0.3, 0.4) is 0 Å². The minimum atomic E-state index is 0.509. The molecule has 0 radical (unpaired) electrons. The molecule has 2 nitrogen and oxygen atoms in total. The molecule has 4 heteroatoms. The zero-order valence-electron chi connectivity index (χ0n) is 7.42. The Morgan fingerprint density at radius 2 is 2.07 bits per heavy atom. The van der Waals surface area contributed by atoms with Crippen LogP contribution in [-0.4, -0.2) is 10.9 Å². The van der Waals surface area contributed by atoms with Crippen LogP contribution in [0.1, 0.15) is 10.4 Å². The first-order valence-electron chi connectivity index (χ1n) is 4.02. The summed E-state index contributed by atoms with van der Waals surface area (Å²) in [6, 6.07) is 3.42.